The number of hydrogen-bond acceptors (Lipinski definition) is 3. The second-order valence-corrected chi connectivity index (χ2v) is 4.84. The van der Waals surface area contributed by atoms with Crippen LogP contribution in [0, 0.1) is 6.92 Å². The normalized spacial score (nSPS) is 18.6. The Morgan fingerprint density at radius 3 is 2.75 bits per heavy atom. The van der Waals surface area contributed by atoms with Gasteiger partial charge in [-0.15, -0.1) is 0 Å². The average Bonchev–Trinajstić information content (AvgIpc) is 2.44. The molecule has 16 heavy (non-hydrogen) atoms. The summed E-state index contributed by atoms with van der Waals surface area (Å²) >= 11 is 6.23. The maximum absolute atomic E-state index is 6.23. The maximum Gasteiger partial charge on any atom is 0.0825 e. The summed E-state index contributed by atoms with van der Waals surface area (Å²) in [5.74, 6) is 0. The van der Waals surface area contributed by atoms with E-state index in [1.54, 1.807) is 6.20 Å². The third-order valence-corrected chi connectivity index (χ3v) is 3.37. The van der Waals surface area contributed by atoms with Crippen LogP contribution >= 0.6 is 11.6 Å². The van der Waals surface area contributed by atoms with Crippen LogP contribution in [-0.2, 0) is 0 Å². The molecule has 0 atom stereocenters. The van der Waals surface area contributed by atoms with E-state index in [0.29, 0.717) is 0 Å². The third-order valence-electron chi connectivity index (χ3n) is 3.09. The fourth-order valence-corrected chi connectivity index (χ4v) is 2.52. The van der Waals surface area contributed by atoms with Gasteiger partial charge in [-0.1, -0.05) is 11.6 Å². The molecule has 1 fully saturated rings. The third kappa shape index (κ3) is 2.47. The van der Waals surface area contributed by atoms with Crippen LogP contribution in [0.4, 0.5) is 5.69 Å². The number of aryl methyl sites for hydroxylation is 1. The molecule has 2 rings (SSSR count). The highest BCUT2D eigenvalue weighted by molar-refractivity contribution is 6.33. The molecular weight excluding hydrogens is 222 g/mol. The van der Waals surface area contributed by atoms with Crippen molar-refractivity contribution in [3.63, 3.8) is 0 Å². The van der Waals surface area contributed by atoms with Crippen molar-refractivity contribution in [3.05, 3.63) is 23.0 Å². The number of likely N-dealkylation sites (N-methyl/N-ethyl adjacent to an activating group) is 1. The molecule has 88 valence electrons. The molecule has 0 bridgehead atoms. The minimum Gasteiger partial charge on any atom is -0.369 e. The molecule has 0 aliphatic carbocycles. The summed E-state index contributed by atoms with van der Waals surface area (Å²) < 4.78 is 0. The Morgan fingerprint density at radius 1 is 1.19 bits per heavy atom. The van der Waals surface area contributed by atoms with E-state index in [-0.39, 0.29) is 0 Å². The lowest BCUT2D eigenvalue weighted by Gasteiger charge is -2.25. The standard InChI is InChI=1S/C12H18ClN3/c1-10-8-14-9-11(13)12(10)16-5-3-4-15(2)6-7-16/h8-9H,3-7H2,1-2H3. The molecule has 1 aliphatic rings. The van der Waals surface area contributed by atoms with Crippen molar-refractivity contribution < 1.29 is 0 Å². The molecule has 0 radical (unpaired) electrons. The molecular formula is C12H18ClN3. The number of pyridine rings is 1. The number of nitrogens with zero attached hydrogens (tertiary/aromatic N) is 3. The van der Waals surface area contributed by atoms with Gasteiger partial charge in [-0.25, -0.2) is 0 Å². The van der Waals surface area contributed by atoms with E-state index in [4.69, 9.17) is 11.6 Å². The molecule has 0 unspecified atom stereocenters. The van der Waals surface area contributed by atoms with Crippen LogP contribution < -0.4 is 4.90 Å². The van der Waals surface area contributed by atoms with Gasteiger partial charge in [0.15, 0.2) is 0 Å². The number of anilines is 1. The Morgan fingerprint density at radius 2 is 2.00 bits per heavy atom. The summed E-state index contributed by atoms with van der Waals surface area (Å²) in [6.45, 7) is 6.45. The highest BCUT2D eigenvalue weighted by Crippen LogP contribution is 2.28. The van der Waals surface area contributed by atoms with Gasteiger partial charge in [-0.3, -0.25) is 4.98 Å². The lowest BCUT2D eigenvalue weighted by molar-refractivity contribution is 0.360. The lowest BCUT2D eigenvalue weighted by Crippen LogP contribution is -2.29. The fraction of sp³-hybridized carbons (Fsp3) is 0.583. The second kappa shape index (κ2) is 5.02. The van der Waals surface area contributed by atoms with Gasteiger partial charge in [0, 0.05) is 32.0 Å². The number of halogens is 1. The van der Waals surface area contributed by atoms with E-state index in [2.05, 4.69) is 28.8 Å². The first-order valence-electron chi connectivity index (χ1n) is 5.72. The Bertz CT molecular complexity index is 347. The van der Waals surface area contributed by atoms with Gasteiger partial charge in [-0.05, 0) is 32.5 Å². The summed E-state index contributed by atoms with van der Waals surface area (Å²) in [4.78, 5) is 8.85. The molecule has 0 spiro atoms. The van der Waals surface area contributed by atoms with Crippen LogP contribution in [0.2, 0.25) is 5.02 Å². The Balaban J connectivity index is 2.23. The lowest BCUT2D eigenvalue weighted by atomic mass is 10.2. The summed E-state index contributed by atoms with van der Waals surface area (Å²) in [5, 5.41) is 0.768. The molecule has 1 aromatic rings. The first-order chi connectivity index (χ1) is 7.68. The molecule has 1 saturated heterocycles. The second-order valence-electron chi connectivity index (χ2n) is 4.43. The van der Waals surface area contributed by atoms with Gasteiger partial charge >= 0.3 is 0 Å². The van der Waals surface area contributed by atoms with Crippen molar-refractivity contribution in [2.24, 2.45) is 0 Å². The SMILES string of the molecule is Cc1cncc(Cl)c1N1CCCN(C)CC1. The minimum atomic E-state index is 0.768. The van der Waals surface area contributed by atoms with Crippen LogP contribution in [-0.4, -0.2) is 43.1 Å². The zero-order valence-corrected chi connectivity index (χ0v) is 10.7. The molecule has 3 nitrogen and oxygen atoms in total. The van der Waals surface area contributed by atoms with E-state index >= 15 is 0 Å². The van der Waals surface area contributed by atoms with E-state index < -0.39 is 0 Å². The fourth-order valence-electron chi connectivity index (χ4n) is 2.20. The molecule has 1 aromatic heterocycles. The van der Waals surface area contributed by atoms with Gasteiger partial charge in [0.2, 0.25) is 0 Å². The first kappa shape index (κ1) is 11.7. The Hall–Kier alpha value is -0.800. The van der Waals surface area contributed by atoms with Crippen molar-refractivity contribution in [2.45, 2.75) is 13.3 Å². The topological polar surface area (TPSA) is 19.4 Å². The van der Waals surface area contributed by atoms with Crippen LogP contribution in [0.1, 0.15) is 12.0 Å². The predicted octanol–water partition coefficient (Wildman–Crippen LogP) is 2.19. The molecule has 4 heteroatoms. The molecule has 2 heterocycles. The summed E-state index contributed by atoms with van der Waals surface area (Å²) in [6, 6.07) is 0. The maximum atomic E-state index is 6.23. The van der Waals surface area contributed by atoms with Crippen molar-refractivity contribution in [3.8, 4) is 0 Å². The molecule has 0 aromatic carbocycles. The van der Waals surface area contributed by atoms with E-state index in [1.807, 2.05) is 6.20 Å². The number of aromatic nitrogens is 1. The smallest absolute Gasteiger partial charge is 0.0825 e. The van der Waals surface area contributed by atoms with Gasteiger partial charge < -0.3 is 9.80 Å². The monoisotopic (exact) mass is 239 g/mol. The van der Waals surface area contributed by atoms with Crippen LogP contribution in [0.3, 0.4) is 0 Å². The van der Waals surface area contributed by atoms with Crippen molar-refractivity contribution in [1.82, 2.24) is 9.88 Å². The predicted molar refractivity (Wildman–Crippen MR) is 68.3 cm³/mol. The molecule has 1 aliphatic heterocycles. The molecule has 0 amide bonds. The van der Waals surface area contributed by atoms with E-state index in [1.165, 1.54) is 6.42 Å². The molecule has 0 saturated carbocycles. The van der Waals surface area contributed by atoms with E-state index in [0.717, 1.165) is 42.5 Å². The van der Waals surface area contributed by atoms with Gasteiger partial charge in [0.25, 0.3) is 0 Å². The minimum absolute atomic E-state index is 0.768. The van der Waals surface area contributed by atoms with E-state index in [9.17, 15) is 0 Å². The summed E-state index contributed by atoms with van der Waals surface area (Å²) in [5.41, 5.74) is 2.32. The van der Waals surface area contributed by atoms with Gasteiger partial charge in [0.1, 0.15) is 0 Å². The zero-order chi connectivity index (χ0) is 11.5. The van der Waals surface area contributed by atoms with Gasteiger partial charge in [-0.2, -0.15) is 0 Å². The number of hydrogen-bond donors (Lipinski definition) is 0. The average molecular weight is 240 g/mol. The first-order valence-corrected chi connectivity index (χ1v) is 6.10. The van der Waals surface area contributed by atoms with Crippen LogP contribution in [0.15, 0.2) is 12.4 Å². The quantitative estimate of drug-likeness (QED) is 0.749. The largest absolute Gasteiger partial charge is 0.369 e. The highest BCUT2D eigenvalue weighted by atomic mass is 35.5. The van der Waals surface area contributed by atoms with Gasteiger partial charge in [0.05, 0.1) is 10.7 Å². The highest BCUT2D eigenvalue weighted by Gasteiger charge is 2.16. The summed E-state index contributed by atoms with van der Waals surface area (Å²) in [7, 11) is 2.17. The zero-order valence-electron chi connectivity index (χ0n) is 9.91. The Labute approximate surface area is 102 Å². The summed E-state index contributed by atoms with van der Waals surface area (Å²) in [6.07, 6.45) is 4.81. The van der Waals surface area contributed by atoms with Crippen LogP contribution in [0.5, 0.6) is 0 Å². The van der Waals surface area contributed by atoms with Crippen LogP contribution in [0.25, 0.3) is 0 Å². The van der Waals surface area contributed by atoms with Crippen molar-refractivity contribution in [2.75, 3.05) is 38.1 Å². The van der Waals surface area contributed by atoms with Crippen molar-refractivity contribution >= 4 is 17.3 Å². The number of rotatable bonds is 1. The molecule has 0 N–H and O–H groups in total. The van der Waals surface area contributed by atoms with Crippen molar-refractivity contribution in [1.29, 1.82) is 0 Å². The Kier molecular flexibility index (Phi) is 3.66.